The quantitative estimate of drug-likeness (QED) is 0.633. The van der Waals surface area contributed by atoms with E-state index in [0.717, 1.165) is 23.1 Å². The number of carbonyl (C=O) groups is 1. The molecule has 1 N–H and O–H groups in total. The van der Waals surface area contributed by atoms with Crippen LogP contribution in [0.2, 0.25) is 0 Å². The van der Waals surface area contributed by atoms with Crippen molar-refractivity contribution in [2.75, 3.05) is 11.1 Å². The lowest BCUT2D eigenvalue weighted by atomic mass is 10.2. The summed E-state index contributed by atoms with van der Waals surface area (Å²) < 4.78 is 2.02. The number of thioether (sulfide) groups is 1. The number of nitrogens with one attached hydrogen (secondary N) is 1. The van der Waals surface area contributed by atoms with E-state index in [1.165, 1.54) is 11.8 Å². The van der Waals surface area contributed by atoms with Crippen molar-refractivity contribution in [2.24, 2.45) is 0 Å². The highest BCUT2D eigenvalue weighted by Gasteiger charge is 2.14. The number of benzene rings is 1. The average molecular weight is 378 g/mol. The number of amides is 1. The van der Waals surface area contributed by atoms with Gasteiger partial charge in [0.1, 0.15) is 6.07 Å². The number of para-hydroxylation sites is 1. The first-order valence-electron chi connectivity index (χ1n) is 8.48. The smallest absolute Gasteiger partial charge is 0.225 e. The number of hydrogen-bond acceptors (Lipinski definition) is 6. The lowest BCUT2D eigenvalue weighted by molar-refractivity contribution is -0.115. The second-order valence-corrected chi connectivity index (χ2v) is 6.65. The SMILES string of the molecule is CCn1c(SCCC(=O)Nc2ccccc2C#N)nnc1-c1ccncc1. The molecule has 2 heterocycles. The molecule has 8 heteroatoms. The Morgan fingerprint density at radius 3 is 2.74 bits per heavy atom. The van der Waals surface area contributed by atoms with E-state index < -0.39 is 0 Å². The van der Waals surface area contributed by atoms with Crippen molar-refractivity contribution in [3.63, 3.8) is 0 Å². The normalized spacial score (nSPS) is 10.4. The molecule has 0 spiro atoms. The summed E-state index contributed by atoms with van der Waals surface area (Å²) in [5.41, 5.74) is 1.94. The minimum absolute atomic E-state index is 0.137. The largest absolute Gasteiger partial charge is 0.325 e. The Morgan fingerprint density at radius 2 is 2.00 bits per heavy atom. The molecule has 0 aliphatic carbocycles. The van der Waals surface area contributed by atoms with Gasteiger partial charge in [-0.05, 0) is 31.2 Å². The van der Waals surface area contributed by atoms with Crippen LogP contribution >= 0.6 is 11.8 Å². The Kier molecular flexibility index (Phi) is 6.18. The standard InChI is InChI=1S/C19H18N6OS/c1-2-25-18(14-7-10-21-11-8-14)23-24-19(25)27-12-9-17(26)22-16-6-4-3-5-15(16)13-20/h3-8,10-11H,2,9,12H2,1H3,(H,22,26). The molecule has 0 aliphatic rings. The summed E-state index contributed by atoms with van der Waals surface area (Å²) in [6, 6.07) is 12.8. The first kappa shape index (κ1) is 18.6. The summed E-state index contributed by atoms with van der Waals surface area (Å²) in [6.07, 6.45) is 3.76. The van der Waals surface area contributed by atoms with Crippen LogP contribution in [0.15, 0.2) is 53.9 Å². The number of rotatable bonds is 7. The zero-order valence-corrected chi connectivity index (χ0v) is 15.6. The van der Waals surface area contributed by atoms with E-state index in [1.54, 1.807) is 36.7 Å². The number of nitriles is 1. The summed E-state index contributed by atoms with van der Waals surface area (Å²) >= 11 is 1.48. The van der Waals surface area contributed by atoms with E-state index in [0.29, 0.717) is 23.4 Å². The Morgan fingerprint density at radius 1 is 1.22 bits per heavy atom. The van der Waals surface area contributed by atoms with Crippen LogP contribution in [0.5, 0.6) is 0 Å². The van der Waals surface area contributed by atoms with Gasteiger partial charge in [-0.15, -0.1) is 10.2 Å². The molecule has 0 bridgehead atoms. The molecule has 0 saturated carbocycles. The van der Waals surface area contributed by atoms with Gasteiger partial charge in [0, 0.05) is 36.7 Å². The fourth-order valence-corrected chi connectivity index (χ4v) is 3.47. The van der Waals surface area contributed by atoms with Crippen molar-refractivity contribution in [1.82, 2.24) is 19.7 Å². The van der Waals surface area contributed by atoms with Crippen LogP contribution in [0.25, 0.3) is 11.4 Å². The van der Waals surface area contributed by atoms with Crippen molar-refractivity contribution in [1.29, 1.82) is 5.26 Å². The summed E-state index contributed by atoms with van der Waals surface area (Å²) in [4.78, 5) is 16.2. The molecule has 3 aromatic rings. The summed E-state index contributed by atoms with van der Waals surface area (Å²) in [5, 5.41) is 21.2. The van der Waals surface area contributed by atoms with Crippen LogP contribution in [-0.4, -0.2) is 31.4 Å². The summed E-state index contributed by atoms with van der Waals surface area (Å²) in [6.45, 7) is 2.76. The molecule has 1 amide bonds. The van der Waals surface area contributed by atoms with Gasteiger partial charge in [-0.25, -0.2) is 0 Å². The molecule has 0 unspecified atom stereocenters. The molecular weight excluding hydrogens is 360 g/mol. The fourth-order valence-electron chi connectivity index (χ4n) is 2.53. The third-order valence-electron chi connectivity index (χ3n) is 3.85. The minimum atomic E-state index is -0.137. The lowest BCUT2D eigenvalue weighted by Crippen LogP contribution is -2.13. The van der Waals surface area contributed by atoms with Gasteiger partial charge in [0.2, 0.25) is 5.91 Å². The Labute approximate surface area is 161 Å². The molecule has 0 aliphatic heterocycles. The van der Waals surface area contributed by atoms with Crippen molar-refractivity contribution >= 4 is 23.4 Å². The number of pyridine rings is 1. The zero-order chi connectivity index (χ0) is 19.1. The van der Waals surface area contributed by atoms with E-state index in [9.17, 15) is 4.79 Å². The molecule has 136 valence electrons. The second-order valence-electron chi connectivity index (χ2n) is 5.59. The van der Waals surface area contributed by atoms with Gasteiger partial charge in [0.15, 0.2) is 11.0 Å². The number of hydrogen-bond donors (Lipinski definition) is 1. The van der Waals surface area contributed by atoms with Crippen LogP contribution in [-0.2, 0) is 11.3 Å². The lowest BCUT2D eigenvalue weighted by Gasteiger charge is -2.08. The topological polar surface area (TPSA) is 96.5 Å². The van der Waals surface area contributed by atoms with Crippen LogP contribution in [0.4, 0.5) is 5.69 Å². The maximum Gasteiger partial charge on any atom is 0.225 e. The highest BCUT2D eigenvalue weighted by Crippen LogP contribution is 2.24. The molecule has 7 nitrogen and oxygen atoms in total. The average Bonchev–Trinajstić information content (AvgIpc) is 3.12. The Balaban J connectivity index is 1.60. The molecular formula is C19H18N6OS. The van der Waals surface area contributed by atoms with Gasteiger partial charge >= 0.3 is 0 Å². The molecule has 3 rings (SSSR count). The number of aromatic nitrogens is 4. The number of nitrogens with zero attached hydrogens (tertiary/aromatic N) is 5. The fraction of sp³-hybridized carbons (Fsp3) is 0.211. The predicted octanol–water partition coefficient (Wildman–Crippen LogP) is 3.35. The van der Waals surface area contributed by atoms with Gasteiger partial charge in [0.05, 0.1) is 11.3 Å². The van der Waals surface area contributed by atoms with Crippen LogP contribution in [0.1, 0.15) is 18.9 Å². The maximum absolute atomic E-state index is 12.2. The summed E-state index contributed by atoms with van der Waals surface area (Å²) in [7, 11) is 0. The summed E-state index contributed by atoms with van der Waals surface area (Å²) in [5.74, 6) is 1.21. The van der Waals surface area contributed by atoms with E-state index in [2.05, 4.69) is 26.6 Å². The molecule has 0 atom stereocenters. The van der Waals surface area contributed by atoms with Crippen LogP contribution in [0.3, 0.4) is 0 Å². The van der Waals surface area contributed by atoms with Gasteiger partial charge in [-0.2, -0.15) is 5.26 Å². The van der Waals surface area contributed by atoms with E-state index in [1.807, 2.05) is 23.6 Å². The zero-order valence-electron chi connectivity index (χ0n) is 14.8. The van der Waals surface area contributed by atoms with Crippen LogP contribution in [0, 0.1) is 11.3 Å². The van der Waals surface area contributed by atoms with Gasteiger partial charge in [-0.1, -0.05) is 23.9 Å². The maximum atomic E-state index is 12.2. The first-order valence-corrected chi connectivity index (χ1v) is 9.47. The number of carbonyl (C=O) groups excluding carboxylic acids is 1. The first-order chi connectivity index (χ1) is 13.2. The minimum Gasteiger partial charge on any atom is -0.325 e. The monoisotopic (exact) mass is 378 g/mol. The molecule has 0 saturated heterocycles. The van der Waals surface area contributed by atoms with Crippen molar-refractivity contribution in [2.45, 2.75) is 25.0 Å². The predicted molar refractivity (Wildman–Crippen MR) is 104 cm³/mol. The Bertz CT molecular complexity index is 964. The van der Waals surface area contributed by atoms with Crippen molar-refractivity contribution in [3.8, 4) is 17.5 Å². The van der Waals surface area contributed by atoms with E-state index >= 15 is 0 Å². The molecule has 0 radical (unpaired) electrons. The third-order valence-corrected chi connectivity index (χ3v) is 4.82. The Hall–Kier alpha value is -3.18. The molecule has 2 aromatic heterocycles. The van der Waals surface area contributed by atoms with Crippen LogP contribution < -0.4 is 5.32 Å². The third kappa shape index (κ3) is 4.51. The van der Waals surface area contributed by atoms with E-state index in [-0.39, 0.29) is 5.91 Å². The molecule has 0 fully saturated rings. The van der Waals surface area contributed by atoms with E-state index in [4.69, 9.17) is 5.26 Å². The van der Waals surface area contributed by atoms with Crippen molar-refractivity contribution < 1.29 is 4.79 Å². The van der Waals surface area contributed by atoms with Gasteiger partial charge in [-0.3, -0.25) is 9.78 Å². The highest BCUT2D eigenvalue weighted by atomic mass is 32.2. The second kappa shape index (κ2) is 8.96. The van der Waals surface area contributed by atoms with Crippen molar-refractivity contribution in [3.05, 3.63) is 54.4 Å². The van der Waals surface area contributed by atoms with Gasteiger partial charge in [0.25, 0.3) is 0 Å². The molecule has 1 aromatic carbocycles. The molecule has 27 heavy (non-hydrogen) atoms. The highest BCUT2D eigenvalue weighted by molar-refractivity contribution is 7.99. The van der Waals surface area contributed by atoms with Gasteiger partial charge < -0.3 is 9.88 Å². The number of anilines is 1.